The van der Waals surface area contributed by atoms with E-state index < -0.39 is 10.2 Å². The quantitative estimate of drug-likeness (QED) is 0.803. The van der Waals surface area contributed by atoms with Crippen LogP contribution >= 0.6 is 11.8 Å². The molecule has 0 spiro atoms. The van der Waals surface area contributed by atoms with Crippen LogP contribution in [-0.4, -0.2) is 73.0 Å². The third-order valence-corrected chi connectivity index (χ3v) is 7.81. The lowest BCUT2D eigenvalue weighted by atomic mass is 9.99. The predicted molar refractivity (Wildman–Crippen MR) is 85.9 cm³/mol. The van der Waals surface area contributed by atoms with E-state index in [4.69, 9.17) is 0 Å². The molecule has 0 aromatic carbocycles. The Bertz CT molecular complexity index is 573. The van der Waals surface area contributed by atoms with Crippen molar-refractivity contribution in [3.05, 3.63) is 23.9 Å². The topological polar surface area (TPSA) is 55.9 Å². The first kappa shape index (κ1) is 15.4. The van der Waals surface area contributed by atoms with Crippen LogP contribution in [0.2, 0.25) is 0 Å². The lowest BCUT2D eigenvalue weighted by Crippen LogP contribution is -2.51. The van der Waals surface area contributed by atoms with Gasteiger partial charge in [-0.05, 0) is 12.5 Å². The molecule has 6 nitrogen and oxygen atoms in total. The summed E-state index contributed by atoms with van der Waals surface area (Å²) >= 11 is 1.72. The van der Waals surface area contributed by atoms with Gasteiger partial charge < -0.3 is 4.90 Å². The van der Waals surface area contributed by atoms with Crippen molar-refractivity contribution in [2.75, 3.05) is 34.2 Å². The van der Waals surface area contributed by atoms with Crippen LogP contribution in [0.15, 0.2) is 23.9 Å². The summed E-state index contributed by atoms with van der Waals surface area (Å²) in [4.78, 5) is 2.37. The lowest BCUT2D eigenvalue weighted by molar-refractivity contribution is 0.270. The second kappa shape index (κ2) is 5.58. The Hall–Kier alpha value is -0.540. The van der Waals surface area contributed by atoms with Crippen molar-refractivity contribution in [2.24, 2.45) is 0 Å². The standard InChI is InChI=1S/C13H22N4O2S2/c1-15(2)21(18,19)16(3)13-14-12-10-6-4-5-8-17(10)9-7-11(12)20-13/h4-6,11-14H,7-9H2,1-3H3. The maximum absolute atomic E-state index is 12.3. The Morgan fingerprint density at radius 1 is 1.38 bits per heavy atom. The predicted octanol–water partition coefficient (Wildman–Crippen LogP) is 0.241. The third-order valence-electron chi connectivity index (χ3n) is 4.25. The first-order chi connectivity index (χ1) is 9.91. The summed E-state index contributed by atoms with van der Waals surface area (Å²) in [7, 11) is 1.38. The van der Waals surface area contributed by atoms with E-state index >= 15 is 0 Å². The van der Waals surface area contributed by atoms with E-state index in [0.29, 0.717) is 5.25 Å². The van der Waals surface area contributed by atoms with Gasteiger partial charge in [0, 0.05) is 45.2 Å². The SMILES string of the molecule is CN(C)S(=O)(=O)N(C)C1NC2C3=CC=CCN3CCC2S1. The van der Waals surface area contributed by atoms with Crippen LogP contribution in [0, 0.1) is 0 Å². The molecule has 0 aromatic rings. The number of allylic oxidation sites excluding steroid dienone is 2. The first-order valence-electron chi connectivity index (χ1n) is 7.10. The molecule has 21 heavy (non-hydrogen) atoms. The van der Waals surface area contributed by atoms with Gasteiger partial charge >= 0.3 is 0 Å². The van der Waals surface area contributed by atoms with Crippen molar-refractivity contribution in [3.63, 3.8) is 0 Å². The van der Waals surface area contributed by atoms with Crippen LogP contribution in [0.3, 0.4) is 0 Å². The highest BCUT2D eigenvalue weighted by atomic mass is 32.2. The molecule has 3 aliphatic heterocycles. The van der Waals surface area contributed by atoms with Gasteiger partial charge in [-0.3, -0.25) is 5.32 Å². The molecule has 2 fully saturated rings. The second-order valence-corrected chi connectivity index (χ2v) is 9.26. The van der Waals surface area contributed by atoms with Gasteiger partial charge in [0.25, 0.3) is 10.2 Å². The minimum Gasteiger partial charge on any atom is -0.370 e. The molecule has 0 aliphatic carbocycles. The molecule has 0 radical (unpaired) electrons. The number of thioether (sulfide) groups is 1. The van der Waals surface area contributed by atoms with E-state index in [1.807, 2.05) is 0 Å². The zero-order valence-corrected chi connectivity index (χ0v) is 14.2. The van der Waals surface area contributed by atoms with Crippen LogP contribution in [0.25, 0.3) is 0 Å². The molecule has 1 N–H and O–H groups in total. The van der Waals surface area contributed by atoms with E-state index in [9.17, 15) is 8.42 Å². The average Bonchev–Trinajstić information content (AvgIpc) is 2.90. The number of fused-ring (bicyclic) bond motifs is 3. The number of nitrogens with one attached hydrogen (secondary N) is 1. The Labute approximate surface area is 131 Å². The molecule has 0 bridgehead atoms. The Morgan fingerprint density at radius 3 is 2.86 bits per heavy atom. The van der Waals surface area contributed by atoms with Crippen molar-refractivity contribution >= 4 is 22.0 Å². The lowest BCUT2D eigenvalue weighted by Gasteiger charge is -2.39. The van der Waals surface area contributed by atoms with E-state index in [2.05, 4.69) is 28.4 Å². The fraction of sp³-hybridized carbons (Fsp3) is 0.692. The van der Waals surface area contributed by atoms with Gasteiger partial charge in [-0.2, -0.15) is 17.0 Å². The molecule has 3 aliphatic rings. The smallest absolute Gasteiger partial charge is 0.283 e. The van der Waals surface area contributed by atoms with Crippen molar-refractivity contribution < 1.29 is 8.42 Å². The minimum absolute atomic E-state index is 0.209. The molecular weight excluding hydrogens is 308 g/mol. The van der Waals surface area contributed by atoms with Gasteiger partial charge in [0.05, 0.1) is 6.04 Å². The number of rotatable bonds is 3. The highest BCUT2D eigenvalue weighted by Gasteiger charge is 2.44. The molecule has 0 saturated carbocycles. The van der Waals surface area contributed by atoms with E-state index in [0.717, 1.165) is 19.5 Å². The average molecular weight is 330 g/mol. The molecule has 2 saturated heterocycles. The summed E-state index contributed by atoms with van der Waals surface area (Å²) in [5.74, 6) is 0. The molecule has 3 rings (SSSR count). The van der Waals surface area contributed by atoms with Gasteiger partial charge in [0.1, 0.15) is 5.50 Å². The first-order valence-corrected chi connectivity index (χ1v) is 9.44. The van der Waals surface area contributed by atoms with Gasteiger partial charge in [0.15, 0.2) is 0 Å². The highest BCUT2D eigenvalue weighted by Crippen LogP contribution is 2.39. The number of hydrogen-bond acceptors (Lipinski definition) is 5. The van der Waals surface area contributed by atoms with Crippen molar-refractivity contribution in [3.8, 4) is 0 Å². The summed E-state index contributed by atoms with van der Waals surface area (Å²) in [5, 5.41) is 3.93. The maximum atomic E-state index is 12.3. The van der Waals surface area contributed by atoms with Gasteiger partial charge in [-0.15, -0.1) is 11.8 Å². The summed E-state index contributed by atoms with van der Waals surface area (Å²) in [5.41, 5.74) is 1.08. The molecule has 0 aromatic heterocycles. The van der Waals surface area contributed by atoms with Gasteiger partial charge in [0.2, 0.25) is 0 Å². The minimum atomic E-state index is -3.40. The summed E-state index contributed by atoms with van der Waals surface area (Å²) < 4.78 is 27.2. The fourth-order valence-electron chi connectivity index (χ4n) is 2.99. The van der Waals surface area contributed by atoms with Crippen LogP contribution < -0.4 is 5.32 Å². The number of piperidine rings is 1. The van der Waals surface area contributed by atoms with Crippen LogP contribution in [0.4, 0.5) is 0 Å². The van der Waals surface area contributed by atoms with Crippen LogP contribution in [0.5, 0.6) is 0 Å². The maximum Gasteiger partial charge on any atom is 0.283 e. The van der Waals surface area contributed by atoms with Crippen LogP contribution in [0.1, 0.15) is 6.42 Å². The zero-order valence-electron chi connectivity index (χ0n) is 12.6. The van der Waals surface area contributed by atoms with Gasteiger partial charge in [-0.25, -0.2) is 0 Å². The molecule has 3 heterocycles. The molecule has 8 heteroatoms. The van der Waals surface area contributed by atoms with Crippen molar-refractivity contribution in [2.45, 2.75) is 23.2 Å². The Balaban J connectivity index is 1.79. The zero-order chi connectivity index (χ0) is 15.2. The molecule has 3 atom stereocenters. The van der Waals surface area contributed by atoms with Crippen molar-refractivity contribution in [1.29, 1.82) is 0 Å². The molecular formula is C13H22N4O2S2. The summed E-state index contributed by atoms with van der Waals surface area (Å²) in [6.45, 7) is 2.00. The largest absolute Gasteiger partial charge is 0.370 e. The molecule has 118 valence electrons. The summed E-state index contributed by atoms with van der Waals surface area (Å²) in [6.07, 6.45) is 7.48. The normalized spacial score (nSPS) is 32.3. The fourth-order valence-corrected chi connectivity index (χ4v) is 5.63. The second-order valence-electron chi connectivity index (χ2n) is 5.73. The van der Waals surface area contributed by atoms with Crippen LogP contribution in [-0.2, 0) is 10.2 Å². The van der Waals surface area contributed by atoms with E-state index in [-0.39, 0.29) is 11.5 Å². The van der Waals surface area contributed by atoms with Gasteiger partial charge in [-0.1, -0.05) is 12.2 Å². The molecule has 3 unspecified atom stereocenters. The monoisotopic (exact) mass is 330 g/mol. The molecule has 0 amide bonds. The Kier molecular flexibility index (Phi) is 4.08. The Morgan fingerprint density at radius 2 is 2.14 bits per heavy atom. The van der Waals surface area contributed by atoms with E-state index in [1.54, 1.807) is 32.9 Å². The number of hydrogen-bond donors (Lipinski definition) is 1. The summed E-state index contributed by atoms with van der Waals surface area (Å²) in [6, 6.07) is 0.235. The highest BCUT2D eigenvalue weighted by molar-refractivity contribution is 8.01. The third kappa shape index (κ3) is 2.63. The number of nitrogens with zero attached hydrogens (tertiary/aromatic N) is 3. The van der Waals surface area contributed by atoms with Crippen molar-refractivity contribution in [1.82, 2.24) is 18.8 Å². The van der Waals surface area contributed by atoms with E-state index in [1.165, 1.54) is 14.3 Å².